The molecule has 0 unspecified atom stereocenters. The fourth-order valence-electron chi connectivity index (χ4n) is 2.58. The van der Waals surface area contributed by atoms with Gasteiger partial charge in [-0.25, -0.2) is 0 Å². The summed E-state index contributed by atoms with van der Waals surface area (Å²) in [5.74, 6) is 0. The molecule has 0 atom stereocenters. The van der Waals surface area contributed by atoms with Gasteiger partial charge in [-0.2, -0.15) is 0 Å². The summed E-state index contributed by atoms with van der Waals surface area (Å²) in [7, 11) is 0. The largest absolute Gasteiger partial charge is 0.399 e. The van der Waals surface area contributed by atoms with E-state index in [1.165, 1.54) is 29.4 Å². The van der Waals surface area contributed by atoms with Gasteiger partial charge < -0.3 is 15.6 Å². The Morgan fingerprint density at radius 3 is 2.78 bits per heavy atom. The van der Waals surface area contributed by atoms with Crippen molar-refractivity contribution in [3.05, 3.63) is 30.0 Å². The van der Waals surface area contributed by atoms with E-state index >= 15 is 0 Å². The van der Waals surface area contributed by atoms with Gasteiger partial charge in [0, 0.05) is 35.4 Å². The lowest BCUT2D eigenvalue weighted by Gasteiger charge is -2.15. The van der Waals surface area contributed by atoms with Gasteiger partial charge in [-0.1, -0.05) is 6.07 Å². The summed E-state index contributed by atoms with van der Waals surface area (Å²) in [5.41, 5.74) is 9.35. The van der Waals surface area contributed by atoms with E-state index in [1.807, 2.05) is 6.07 Å². The molecule has 3 heteroatoms. The number of aromatic nitrogens is 1. The van der Waals surface area contributed by atoms with Crippen LogP contribution in [-0.2, 0) is 6.54 Å². The summed E-state index contributed by atoms with van der Waals surface area (Å²) in [6.45, 7) is 5.41. The van der Waals surface area contributed by atoms with Crippen molar-refractivity contribution in [3.63, 3.8) is 0 Å². The van der Waals surface area contributed by atoms with Gasteiger partial charge in [0.15, 0.2) is 0 Å². The first-order valence-electron chi connectivity index (χ1n) is 6.78. The van der Waals surface area contributed by atoms with Crippen molar-refractivity contribution in [3.8, 4) is 0 Å². The van der Waals surface area contributed by atoms with Gasteiger partial charge in [0.25, 0.3) is 0 Å². The van der Waals surface area contributed by atoms with Crippen molar-refractivity contribution in [1.29, 1.82) is 0 Å². The number of hydrogen-bond donors (Lipinski definition) is 2. The van der Waals surface area contributed by atoms with E-state index in [1.54, 1.807) is 0 Å². The number of anilines is 1. The highest BCUT2D eigenvalue weighted by atomic mass is 15.1. The van der Waals surface area contributed by atoms with Gasteiger partial charge >= 0.3 is 0 Å². The van der Waals surface area contributed by atoms with Gasteiger partial charge in [0.05, 0.1) is 5.52 Å². The maximum atomic E-state index is 5.91. The number of fused-ring (bicyclic) bond motifs is 1. The lowest BCUT2D eigenvalue weighted by molar-refractivity contribution is 0.565. The topological polar surface area (TPSA) is 43.0 Å². The van der Waals surface area contributed by atoms with Crippen LogP contribution in [0.2, 0.25) is 0 Å². The van der Waals surface area contributed by atoms with E-state index < -0.39 is 0 Å². The molecule has 1 heterocycles. The number of rotatable bonds is 4. The molecule has 3 nitrogen and oxygen atoms in total. The van der Waals surface area contributed by atoms with Crippen molar-refractivity contribution in [1.82, 2.24) is 9.88 Å². The van der Waals surface area contributed by atoms with Crippen LogP contribution in [0.5, 0.6) is 0 Å². The first kappa shape index (κ1) is 11.6. The number of nitrogen functional groups attached to an aromatic ring is 1. The third-order valence-corrected chi connectivity index (χ3v) is 3.61. The molecule has 0 saturated heterocycles. The minimum Gasteiger partial charge on any atom is -0.399 e. The Morgan fingerprint density at radius 2 is 2.11 bits per heavy atom. The molecule has 0 amide bonds. The molecule has 1 aromatic carbocycles. The van der Waals surface area contributed by atoms with Crippen LogP contribution in [0.4, 0.5) is 5.69 Å². The monoisotopic (exact) mass is 243 g/mol. The molecule has 1 aromatic heterocycles. The number of nitrogens with two attached hydrogens (primary N) is 1. The highest BCUT2D eigenvalue weighted by molar-refractivity contribution is 5.84. The Hall–Kier alpha value is -1.48. The SMILES string of the molecule is CC(C)n1c(CNC2CC2)cc2ccc(N)cc21. The summed E-state index contributed by atoms with van der Waals surface area (Å²) in [6.07, 6.45) is 2.66. The van der Waals surface area contributed by atoms with Crippen molar-refractivity contribution >= 4 is 16.6 Å². The van der Waals surface area contributed by atoms with Gasteiger partial charge in [0.1, 0.15) is 0 Å². The van der Waals surface area contributed by atoms with Crippen LogP contribution in [0.3, 0.4) is 0 Å². The Morgan fingerprint density at radius 1 is 1.33 bits per heavy atom. The summed E-state index contributed by atoms with van der Waals surface area (Å²) in [5, 5.41) is 4.87. The molecule has 3 N–H and O–H groups in total. The smallest absolute Gasteiger partial charge is 0.0506 e. The van der Waals surface area contributed by atoms with E-state index in [4.69, 9.17) is 5.73 Å². The molecular weight excluding hydrogens is 222 g/mol. The predicted molar refractivity (Wildman–Crippen MR) is 76.6 cm³/mol. The number of nitrogens with zero attached hydrogens (tertiary/aromatic N) is 1. The van der Waals surface area contributed by atoms with Gasteiger partial charge in [-0.15, -0.1) is 0 Å². The molecule has 0 radical (unpaired) electrons. The maximum absolute atomic E-state index is 5.91. The van der Waals surface area contributed by atoms with Gasteiger partial charge in [0.2, 0.25) is 0 Å². The minimum atomic E-state index is 0.459. The summed E-state index contributed by atoms with van der Waals surface area (Å²) in [4.78, 5) is 0. The Bertz CT molecular complexity index is 564. The Labute approximate surface area is 108 Å². The van der Waals surface area contributed by atoms with Crippen LogP contribution in [0.15, 0.2) is 24.3 Å². The molecule has 1 aliphatic carbocycles. The molecule has 1 saturated carbocycles. The van der Waals surface area contributed by atoms with Crippen LogP contribution < -0.4 is 11.1 Å². The van der Waals surface area contributed by atoms with Crippen LogP contribution in [-0.4, -0.2) is 10.6 Å². The van der Waals surface area contributed by atoms with Crippen LogP contribution in [0.25, 0.3) is 10.9 Å². The second-order valence-corrected chi connectivity index (χ2v) is 5.57. The Kier molecular flexibility index (Phi) is 2.78. The van der Waals surface area contributed by atoms with Crippen LogP contribution >= 0.6 is 0 Å². The molecule has 0 spiro atoms. The molecule has 1 fully saturated rings. The van der Waals surface area contributed by atoms with Crippen molar-refractivity contribution < 1.29 is 0 Å². The standard InChI is InChI=1S/C15H21N3/c1-10(2)18-14(9-17-13-5-6-13)7-11-3-4-12(16)8-15(11)18/h3-4,7-8,10,13,17H,5-6,9,16H2,1-2H3. The molecular formula is C15H21N3. The maximum Gasteiger partial charge on any atom is 0.0506 e. The first-order chi connectivity index (χ1) is 8.65. The average Bonchev–Trinajstić information content (AvgIpc) is 3.07. The van der Waals surface area contributed by atoms with Gasteiger partial charge in [-0.3, -0.25) is 0 Å². The van der Waals surface area contributed by atoms with Crippen molar-refractivity contribution in [2.75, 3.05) is 5.73 Å². The van der Waals surface area contributed by atoms with E-state index in [2.05, 4.69) is 41.9 Å². The average molecular weight is 243 g/mol. The number of nitrogens with one attached hydrogen (secondary N) is 1. The zero-order chi connectivity index (χ0) is 12.7. The summed E-state index contributed by atoms with van der Waals surface area (Å²) in [6, 6.07) is 9.66. The highest BCUT2D eigenvalue weighted by Gasteiger charge is 2.21. The molecule has 3 rings (SSSR count). The number of hydrogen-bond acceptors (Lipinski definition) is 2. The van der Waals surface area contributed by atoms with Crippen molar-refractivity contribution in [2.45, 2.75) is 45.3 Å². The molecule has 96 valence electrons. The van der Waals surface area contributed by atoms with E-state index in [0.29, 0.717) is 6.04 Å². The lowest BCUT2D eigenvalue weighted by Crippen LogP contribution is -2.18. The first-order valence-corrected chi connectivity index (χ1v) is 6.78. The van der Waals surface area contributed by atoms with Gasteiger partial charge in [-0.05, 0) is 44.9 Å². The summed E-state index contributed by atoms with van der Waals surface area (Å²) < 4.78 is 2.39. The zero-order valence-corrected chi connectivity index (χ0v) is 11.1. The second-order valence-electron chi connectivity index (χ2n) is 5.57. The summed E-state index contributed by atoms with van der Waals surface area (Å²) >= 11 is 0. The van der Waals surface area contributed by atoms with E-state index in [9.17, 15) is 0 Å². The van der Waals surface area contributed by atoms with Crippen molar-refractivity contribution in [2.24, 2.45) is 0 Å². The molecule has 2 aromatic rings. The molecule has 0 aliphatic heterocycles. The van der Waals surface area contributed by atoms with E-state index in [0.717, 1.165) is 18.3 Å². The number of benzene rings is 1. The quantitative estimate of drug-likeness (QED) is 0.810. The van der Waals surface area contributed by atoms with Crippen LogP contribution in [0.1, 0.15) is 38.4 Å². The highest BCUT2D eigenvalue weighted by Crippen LogP contribution is 2.27. The zero-order valence-electron chi connectivity index (χ0n) is 11.1. The Balaban J connectivity index is 2.02. The van der Waals surface area contributed by atoms with Crippen LogP contribution in [0, 0.1) is 0 Å². The normalized spacial score (nSPS) is 15.7. The third-order valence-electron chi connectivity index (χ3n) is 3.61. The third kappa shape index (κ3) is 2.10. The molecule has 1 aliphatic rings. The lowest BCUT2D eigenvalue weighted by atomic mass is 10.2. The molecule has 18 heavy (non-hydrogen) atoms. The fourth-order valence-corrected chi connectivity index (χ4v) is 2.58. The van der Waals surface area contributed by atoms with E-state index in [-0.39, 0.29) is 0 Å². The predicted octanol–water partition coefficient (Wildman–Crippen LogP) is 3.06. The second kappa shape index (κ2) is 4.32. The molecule has 0 bridgehead atoms. The fraction of sp³-hybridized carbons (Fsp3) is 0.467. The minimum absolute atomic E-state index is 0.459.